The zero-order valence-corrected chi connectivity index (χ0v) is 22.3. The summed E-state index contributed by atoms with van der Waals surface area (Å²) in [5.74, 6) is -0.431. The Morgan fingerprint density at radius 1 is 0.857 bits per heavy atom. The van der Waals surface area contributed by atoms with Gasteiger partial charge in [0.1, 0.15) is 6.04 Å². The van der Waals surface area contributed by atoms with Crippen LogP contribution >= 0.6 is 34.8 Å². The third kappa shape index (κ3) is 8.28. The molecule has 0 aliphatic rings. The number of rotatable bonds is 8. The number of nitrogens with one attached hydrogen (secondary N) is 1. The Morgan fingerprint density at radius 2 is 1.49 bits per heavy atom. The Kier molecular flexibility index (Phi) is 9.23. The fourth-order valence-electron chi connectivity index (χ4n) is 3.72. The molecule has 35 heavy (non-hydrogen) atoms. The van der Waals surface area contributed by atoms with Crippen LogP contribution in [0.1, 0.15) is 37.5 Å². The highest BCUT2D eigenvalue weighted by atomic mass is 35.5. The van der Waals surface area contributed by atoms with Crippen LogP contribution in [0, 0.1) is 0 Å². The fourth-order valence-corrected chi connectivity index (χ4v) is 4.32. The normalized spacial score (nSPS) is 12.2. The summed E-state index contributed by atoms with van der Waals surface area (Å²) >= 11 is 18.5. The van der Waals surface area contributed by atoms with Gasteiger partial charge in [0, 0.05) is 33.6 Å². The fraction of sp³-hybridized carbons (Fsp3) is 0.286. The van der Waals surface area contributed by atoms with E-state index in [9.17, 15) is 9.59 Å². The minimum Gasteiger partial charge on any atom is -0.350 e. The first-order chi connectivity index (χ1) is 16.5. The van der Waals surface area contributed by atoms with Crippen molar-refractivity contribution in [3.8, 4) is 0 Å². The van der Waals surface area contributed by atoms with Crippen molar-refractivity contribution in [2.24, 2.45) is 0 Å². The Hall–Kier alpha value is -2.53. The zero-order valence-electron chi connectivity index (χ0n) is 20.0. The van der Waals surface area contributed by atoms with Crippen molar-refractivity contribution in [1.82, 2.24) is 10.2 Å². The van der Waals surface area contributed by atoms with E-state index in [0.717, 1.165) is 11.1 Å². The smallest absolute Gasteiger partial charge is 0.243 e. The average molecular weight is 532 g/mol. The SMILES string of the molecule is CC(C)(C)NC(=O)[C@@H](Cc1ccccc1)N(Cc1ccc(Cl)cc1)C(=O)Cc1ccc(Cl)cc1Cl. The molecule has 7 heteroatoms. The van der Waals surface area contributed by atoms with E-state index in [2.05, 4.69) is 5.32 Å². The van der Waals surface area contributed by atoms with E-state index < -0.39 is 11.6 Å². The van der Waals surface area contributed by atoms with E-state index in [1.165, 1.54) is 0 Å². The molecular formula is C28H29Cl3N2O2. The molecule has 0 radical (unpaired) electrons. The first kappa shape index (κ1) is 27.1. The highest BCUT2D eigenvalue weighted by Gasteiger charge is 2.32. The summed E-state index contributed by atoms with van der Waals surface area (Å²) in [5.41, 5.74) is 2.02. The van der Waals surface area contributed by atoms with Crippen molar-refractivity contribution in [3.05, 3.63) is 105 Å². The van der Waals surface area contributed by atoms with Gasteiger partial charge in [-0.2, -0.15) is 0 Å². The summed E-state index contributed by atoms with van der Waals surface area (Å²) in [6.45, 7) is 6.01. The van der Waals surface area contributed by atoms with Crippen LogP contribution in [0.15, 0.2) is 72.8 Å². The lowest BCUT2D eigenvalue weighted by Crippen LogP contribution is -2.54. The van der Waals surface area contributed by atoms with Crippen molar-refractivity contribution >= 4 is 46.6 Å². The van der Waals surface area contributed by atoms with Crippen LogP contribution < -0.4 is 5.32 Å². The Morgan fingerprint density at radius 3 is 2.09 bits per heavy atom. The van der Waals surface area contributed by atoms with E-state index in [4.69, 9.17) is 34.8 Å². The third-order valence-electron chi connectivity index (χ3n) is 5.39. The zero-order chi connectivity index (χ0) is 25.6. The maximum atomic E-state index is 13.8. The number of nitrogens with zero attached hydrogens (tertiary/aromatic N) is 1. The number of carbonyl (C=O) groups excluding carboxylic acids is 2. The molecule has 0 fully saturated rings. The number of hydrogen-bond acceptors (Lipinski definition) is 2. The second kappa shape index (κ2) is 11.9. The summed E-state index contributed by atoms with van der Waals surface area (Å²) in [4.78, 5) is 28.9. The van der Waals surface area contributed by atoms with Crippen molar-refractivity contribution in [3.63, 3.8) is 0 Å². The van der Waals surface area contributed by atoms with E-state index in [1.807, 2.05) is 63.2 Å². The monoisotopic (exact) mass is 530 g/mol. The quantitative estimate of drug-likeness (QED) is 0.350. The lowest BCUT2D eigenvalue weighted by Gasteiger charge is -2.34. The molecule has 3 aromatic rings. The van der Waals surface area contributed by atoms with Gasteiger partial charge < -0.3 is 10.2 Å². The van der Waals surface area contributed by atoms with Crippen LogP contribution in [0.5, 0.6) is 0 Å². The van der Waals surface area contributed by atoms with Crippen LogP contribution in [-0.4, -0.2) is 28.3 Å². The van der Waals surface area contributed by atoms with Crippen molar-refractivity contribution in [2.45, 2.75) is 51.7 Å². The summed E-state index contributed by atoms with van der Waals surface area (Å²) in [7, 11) is 0. The van der Waals surface area contributed by atoms with Gasteiger partial charge in [0.05, 0.1) is 6.42 Å². The first-order valence-corrected chi connectivity index (χ1v) is 12.5. The second-order valence-corrected chi connectivity index (χ2v) is 10.8. The molecule has 0 saturated heterocycles. The van der Waals surface area contributed by atoms with Crippen LogP contribution in [0.3, 0.4) is 0 Å². The van der Waals surface area contributed by atoms with E-state index in [0.29, 0.717) is 27.1 Å². The van der Waals surface area contributed by atoms with Crippen molar-refractivity contribution in [2.75, 3.05) is 0 Å². The molecule has 2 amide bonds. The molecular weight excluding hydrogens is 503 g/mol. The molecule has 3 rings (SSSR count). The molecule has 184 valence electrons. The minimum atomic E-state index is -0.731. The van der Waals surface area contributed by atoms with E-state index in [-0.39, 0.29) is 24.8 Å². The van der Waals surface area contributed by atoms with Crippen LogP contribution in [0.25, 0.3) is 0 Å². The lowest BCUT2D eigenvalue weighted by molar-refractivity contribution is -0.141. The number of hydrogen-bond donors (Lipinski definition) is 1. The van der Waals surface area contributed by atoms with E-state index >= 15 is 0 Å². The van der Waals surface area contributed by atoms with Gasteiger partial charge in [0.2, 0.25) is 11.8 Å². The highest BCUT2D eigenvalue weighted by Crippen LogP contribution is 2.24. The molecule has 1 N–H and O–H groups in total. The molecule has 1 atom stereocenters. The summed E-state index contributed by atoms with van der Waals surface area (Å²) in [5, 5.41) is 4.57. The maximum absolute atomic E-state index is 13.8. The molecule has 0 heterocycles. The lowest BCUT2D eigenvalue weighted by atomic mass is 10.00. The molecule has 0 saturated carbocycles. The minimum absolute atomic E-state index is 0.0394. The van der Waals surface area contributed by atoms with Crippen molar-refractivity contribution in [1.29, 1.82) is 0 Å². The number of halogens is 3. The van der Waals surface area contributed by atoms with Gasteiger partial charge in [-0.1, -0.05) is 83.3 Å². The molecule has 0 aliphatic heterocycles. The molecule has 0 bridgehead atoms. The van der Waals surface area contributed by atoms with Crippen molar-refractivity contribution < 1.29 is 9.59 Å². The molecule has 0 aromatic heterocycles. The van der Waals surface area contributed by atoms with E-state index in [1.54, 1.807) is 35.2 Å². The van der Waals surface area contributed by atoms with Gasteiger partial charge in [0.25, 0.3) is 0 Å². The summed E-state index contributed by atoms with van der Waals surface area (Å²) in [6, 6.07) is 21.3. The largest absolute Gasteiger partial charge is 0.350 e. The second-order valence-electron chi connectivity index (χ2n) is 9.51. The topological polar surface area (TPSA) is 49.4 Å². The maximum Gasteiger partial charge on any atom is 0.243 e. The van der Waals surface area contributed by atoms with Crippen LogP contribution in [0.4, 0.5) is 0 Å². The molecule has 0 spiro atoms. The predicted octanol–water partition coefficient (Wildman–Crippen LogP) is 6.74. The Labute approximate surface area is 222 Å². The summed E-state index contributed by atoms with van der Waals surface area (Å²) in [6.07, 6.45) is 0.411. The number of carbonyl (C=O) groups is 2. The van der Waals surface area contributed by atoms with Gasteiger partial charge >= 0.3 is 0 Å². The Balaban J connectivity index is 2.00. The molecule has 0 aliphatic carbocycles. The highest BCUT2D eigenvalue weighted by molar-refractivity contribution is 6.35. The average Bonchev–Trinajstić information content (AvgIpc) is 2.78. The van der Waals surface area contributed by atoms with Gasteiger partial charge in [-0.05, 0) is 61.7 Å². The molecule has 0 unspecified atom stereocenters. The standard InChI is InChI=1S/C28H29Cl3N2O2/c1-28(2,3)32-27(35)25(15-19-7-5-4-6-8-19)33(18-20-9-12-22(29)13-10-20)26(34)16-21-11-14-23(30)17-24(21)31/h4-14,17,25H,15-16,18H2,1-3H3,(H,32,35)/t25-/m1/s1. The first-order valence-electron chi connectivity index (χ1n) is 11.4. The van der Waals surface area contributed by atoms with Gasteiger partial charge in [-0.15, -0.1) is 0 Å². The number of benzene rings is 3. The Bertz CT molecular complexity index is 1160. The van der Waals surface area contributed by atoms with Gasteiger partial charge in [0.15, 0.2) is 0 Å². The van der Waals surface area contributed by atoms with Crippen LogP contribution in [0.2, 0.25) is 15.1 Å². The third-order valence-corrected chi connectivity index (χ3v) is 6.23. The van der Waals surface area contributed by atoms with Gasteiger partial charge in [-0.3, -0.25) is 9.59 Å². The van der Waals surface area contributed by atoms with Crippen LogP contribution in [-0.2, 0) is 29.0 Å². The predicted molar refractivity (Wildman–Crippen MR) is 144 cm³/mol. The molecule has 3 aromatic carbocycles. The number of amides is 2. The molecule has 4 nitrogen and oxygen atoms in total. The van der Waals surface area contributed by atoms with Gasteiger partial charge in [-0.25, -0.2) is 0 Å². The summed E-state index contributed by atoms with van der Waals surface area (Å²) < 4.78 is 0.